The van der Waals surface area contributed by atoms with Crippen LogP contribution in [-0.4, -0.2) is 17.6 Å². The minimum absolute atomic E-state index is 0.00560. The van der Waals surface area contributed by atoms with Crippen molar-refractivity contribution < 1.29 is 18.7 Å². The molecular weight excluding hydrogens is 343 g/mol. The van der Waals surface area contributed by atoms with Gasteiger partial charge in [0.1, 0.15) is 17.1 Å². The molecule has 2 rings (SSSR count). The highest BCUT2D eigenvalue weighted by Gasteiger charge is 2.17. The summed E-state index contributed by atoms with van der Waals surface area (Å²) in [6.07, 6.45) is 1.34. The van der Waals surface area contributed by atoms with E-state index in [0.717, 1.165) is 0 Å². The number of nitrogens with two attached hydrogens (primary N) is 1. The summed E-state index contributed by atoms with van der Waals surface area (Å²) in [6.45, 7) is 1.89. The number of benzene rings is 1. The first-order chi connectivity index (χ1) is 10.0. The van der Waals surface area contributed by atoms with Crippen LogP contribution in [0.25, 0.3) is 0 Å². The lowest BCUT2D eigenvalue weighted by atomic mass is 10.2. The van der Waals surface area contributed by atoms with Crippen molar-refractivity contribution in [3.8, 4) is 11.6 Å². The molecular formula is C14H12BrFN2O3. The third kappa shape index (κ3) is 3.69. The van der Waals surface area contributed by atoms with Crippen molar-refractivity contribution in [1.29, 1.82) is 0 Å². The number of nitrogen functional groups attached to an aromatic ring is 1. The summed E-state index contributed by atoms with van der Waals surface area (Å²) < 4.78 is 24.2. The van der Waals surface area contributed by atoms with Crippen molar-refractivity contribution in [3.05, 3.63) is 46.3 Å². The zero-order chi connectivity index (χ0) is 15.4. The zero-order valence-electron chi connectivity index (χ0n) is 11.1. The van der Waals surface area contributed by atoms with Crippen molar-refractivity contribution in [3.63, 3.8) is 0 Å². The van der Waals surface area contributed by atoms with Gasteiger partial charge in [0.2, 0.25) is 5.88 Å². The number of pyridine rings is 1. The van der Waals surface area contributed by atoms with Crippen LogP contribution in [0, 0.1) is 5.82 Å². The van der Waals surface area contributed by atoms with Gasteiger partial charge in [0.05, 0.1) is 23.0 Å². The third-order valence-electron chi connectivity index (χ3n) is 2.47. The SMILES string of the molecule is CCOC(=O)c1cc(N)cnc1Oc1cc(F)ccc1Br. The zero-order valence-corrected chi connectivity index (χ0v) is 12.7. The third-order valence-corrected chi connectivity index (χ3v) is 3.12. The van der Waals surface area contributed by atoms with Gasteiger partial charge in [-0.05, 0) is 41.1 Å². The van der Waals surface area contributed by atoms with Gasteiger partial charge < -0.3 is 15.2 Å². The van der Waals surface area contributed by atoms with E-state index < -0.39 is 11.8 Å². The number of anilines is 1. The van der Waals surface area contributed by atoms with E-state index in [0.29, 0.717) is 10.2 Å². The average molecular weight is 355 g/mol. The Kier molecular flexibility index (Phi) is 4.74. The lowest BCUT2D eigenvalue weighted by Gasteiger charge is -2.11. The van der Waals surface area contributed by atoms with E-state index in [1.807, 2.05) is 0 Å². The Hall–Kier alpha value is -2.15. The molecule has 0 radical (unpaired) electrons. The average Bonchev–Trinajstić information content (AvgIpc) is 2.45. The van der Waals surface area contributed by atoms with Gasteiger partial charge in [0.25, 0.3) is 0 Å². The minimum Gasteiger partial charge on any atom is -0.462 e. The minimum atomic E-state index is -0.611. The van der Waals surface area contributed by atoms with E-state index >= 15 is 0 Å². The number of hydrogen-bond acceptors (Lipinski definition) is 5. The highest BCUT2D eigenvalue weighted by atomic mass is 79.9. The normalized spacial score (nSPS) is 10.2. The summed E-state index contributed by atoms with van der Waals surface area (Å²) >= 11 is 3.23. The summed E-state index contributed by atoms with van der Waals surface area (Å²) in [5, 5.41) is 0. The molecule has 0 spiro atoms. The second kappa shape index (κ2) is 6.53. The van der Waals surface area contributed by atoms with E-state index in [1.165, 1.54) is 30.5 Å². The number of carbonyl (C=O) groups excluding carboxylic acids is 1. The summed E-state index contributed by atoms with van der Waals surface area (Å²) in [6, 6.07) is 5.34. The molecule has 1 aromatic heterocycles. The van der Waals surface area contributed by atoms with Crippen LogP contribution in [0.2, 0.25) is 0 Å². The first-order valence-electron chi connectivity index (χ1n) is 6.06. The molecule has 2 N–H and O–H groups in total. The van der Waals surface area contributed by atoms with Gasteiger partial charge in [-0.25, -0.2) is 14.2 Å². The van der Waals surface area contributed by atoms with Gasteiger partial charge in [-0.3, -0.25) is 0 Å². The molecule has 0 atom stereocenters. The topological polar surface area (TPSA) is 74.4 Å². The predicted molar refractivity (Wildman–Crippen MR) is 78.8 cm³/mol. The summed E-state index contributed by atoms with van der Waals surface area (Å²) in [5.41, 5.74) is 5.99. The molecule has 110 valence electrons. The molecule has 2 aromatic rings. The summed E-state index contributed by atoms with van der Waals surface area (Å²) in [4.78, 5) is 15.8. The van der Waals surface area contributed by atoms with Crippen molar-refractivity contribution >= 4 is 27.6 Å². The van der Waals surface area contributed by atoms with Crippen LogP contribution >= 0.6 is 15.9 Å². The van der Waals surface area contributed by atoms with Crippen molar-refractivity contribution in [2.45, 2.75) is 6.92 Å². The molecule has 0 bridgehead atoms. The van der Waals surface area contributed by atoms with Crippen molar-refractivity contribution in [2.75, 3.05) is 12.3 Å². The highest BCUT2D eigenvalue weighted by Crippen LogP contribution is 2.31. The molecule has 0 saturated carbocycles. The van der Waals surface area contributed by atoms with E-state index in [9.17, 15) is 9.18 Å². The molecule has 1 aromatic carbocycles. The van der Waals surface area contributed by atoms with Gasteiger partial charge in [0, 0.05) is 6.07 Å². The fourth-order valence-corrected chi connectivity index (χ4v) is 1.89. The maximum atomic E-state index is 13.3. The molecule has 0 aliphatic carbocycles. The first-order valence-corrected chi connectivity index (χ1v) is 6.86. The Morgan fingerprint density at radius 2 is 2.19 bits per heavy atom. The lowest BCUT2D eigenvalue weighted by Crippen LogP contribution is -2.08. The Labute approximate surface area is 129 Å². The molecule has 5 nitrogen and oxygen atoms in total. The van der Waals surface area contributed by atoms with Crippen LogP contribution in [0.15, 0.2) is 34.9 Å². The van der Waals surface area contributed by atoms with E-state index in [1.54, 1.807) is 6.92 Å². The number of hydrogen-bond donors (Lipinski definition) is 1. The maximum Gasteiger partial charge on any atom is 0.343 e. The predicted octanol–water partition coefficient (Wildman–Crippen LogP) is 3.53. The van der Waals surface area contributed by atoms with Crippen LogP contribution in [0.3, 0.4) is 0 Å². The van der Waals surface area contributed by atoms with Crippen LogP contribution in [-0.2, 0) is 4.74 Å². The monoisotopic (exact) mass is 354 g/mol. The van der Waals surface area contributed by atoms with Gasteiger partial charge in [-0.2, -0.15) is 0 Å². The van der Waals surface area contributed by atoms with Crippen molar-refractivity contribution in [1.82, 2.24) is 4.98 Å². The number of halogens is 2. The first kappa shape index (κ1) is 15.2. The Morgan fingerprint density at radius 1 is 1.43 bits per heavy atom. The van der Waals surface area contributed by atoms with Crippen LogP contribution in [0.4, 0.5) is 10.1 Å². The number of rotatable bonds is 4. The van der Waals surface area contributed by atoms with Crippen LogP contribution in [0.5, 0.6) is 11.6 Å². The van der Waals surface area contributed by atoms with Gasteiger partial charge >= 0.3 is 5.97 Å². The molecule has 0 saturated heterocycles. The van der Waals surface area contributed by atoms with E-state index in [-0.39, 0.29) is 23.8 Å². The molecule has 0 fully saturated rings. The van der Waals surface area contributed by atoms with Gasteiger partial charge in [0.15, 0.2) is 0 Å². The Balaban J connectivity index is 2.39. The quantitative estimate of drug-likeness (QED) is 0.850. The fourth-order valence-electron chi connectivity index (χ4n) is 1.56. The molecule has 7 heteroatoms. The summed E-state index contributed by atoms with van der Waals surface area (Å²) in [7, 11) is 0. The molecule has 0 aliphatic heterocycles. The molecule has 0 unspecified atom stereocenters. The number of ether oxygens (including phenoxy) is 2. The smallest absolute Gasteiger partial charge is 0.343 e. The Morgan fingerprint density at radius 3 is 2.90 bits per heavy atom. The second-order valence-corrected chi connectivity index (χ2v) is 4.87. The highest BCUT2D eigenvalue weighted by molar-refractivity contribution is 9.10. The molecule has 21 heavy (non-hydrogen) atoms. The number of nitrogens with zero attached hydrogens (tertiary/aromatic N) is 1. The fraction of sp³-hybridized carbons (Fsp3) is 0.143. The second-order valence-electron chi connectivity index (χ2n) is 4.02. The number of aromatic nitrogens is 1. The van der Waals surface area contributed by atoms with Crippen LogP contribution < -0.4 is 10.5 Å². The molecule has 1 heterocycles. The van der Waals surface area contributed by atoms with Gasteiger partial charge in [-0.15, -0.1) is 0 Å². The molecule has 0 amide bonds. The standard InChI is InChI=1S/C14H12BrFN2O3/c1-2-20-14(19)10-6-9(17)7-18-13(10)21-12-5-8(16)3-4-11(12)15/h3-7H,2,17H2,1H3. The molecule has 0 aliphatic rings. The van der Waals surface area contributed by atoms with Gasteiger partial charge in [-0.1, -0.05) is 0 Å². The Bertz CT molecular complexity index is 679. The largest absolute Gasteiger partial charge is 0.462 e. The van der Waals surface area contributed by atoms with E-state index in [2.05, 4.69) is 20.9 Å². The van der Waals surface area contributed by atoms with E-state index in [4.69, 9.17) is 15.2 Å². The number of carbonyl (C=O) groups is 1. The maximum absolute atomic E-state index is 13.3. The number of esters is 1. The lowest BCUT2D eigenvalue weighted by molar-refractivity contribution is 0.0523. The van der Waals surface area contributed by atoms with Crippen molar-refractivity contribution in [2.24, 2.45) is 0 Å². The summed E-state index contributed by atoms with van der Waals surface area (Å²) in [5.74, 6) is -0.895. The van der Waals surface area contributed by atoms with Crippen LogP contribution in [0.1, 0.15) is 17.3 Å².